The molecule has 0 saturated carbocycles. The normalized spacial score (nSPS) is 12.3. The second-order valence-electron chi connectivity index (χ2n) is 6.16. The Labute approximate surface area is 191 Å². The van der Waals surface area contributed by atoms with Crippen LogP contribution in [0, 0.1) is 6.92 Å². The Hall–Kier alpha value is -2.19. The van der Waals surface area contributed by atoms with E-state index in [1.54, 1.807) is 47.6 Å². The number of nitrogens with two attached hydrogens (primary N) is 1. The largest absolute Gasteiger partial charge is 0.398 e. The topological polar surface area (TPSA) is 60.2 Å². The van der Waals surface area contributed by atoms with Gasteiger partial charge in [-0.05, 0) is 42.7 Å². The third-order valence-corrected chi connectivity index (χ3v) is 7.10. The fourth-order valence-electron chi connectivity index (χ4n) is 2.33. The number of nitrogens with zero attached hydrogens (tertiary/aromatic N) is 1. The van der Waals surface area contributed by atoms with Gasteiger partial charge in [-0.1, -0.05) is 44.4 Å². The number of hydrogen-bond acceptors (Lipinski definition) is 7. The molecule has 0 aliphatic heterocycles. The van der Waals surface area contributed by atoms with Gasteiger partial charge in [0.2, 0.25) is 0 Å². The van der Waals surface area contributed by atoms with Crippen molar-refractivity contribution >= 4 is 46.9 Å². The number of hydroxylamine groups is 1. The average Bonchev–Trinajstić information content (AvgIpc) is 3.10. The quantitative estimate of drug-likeness (QED) is 0.155. The molecular formula is C23H27N3OS3. The third kappa shape index (κ3) is 7.57. The van der Waals surface area contributed by atoms with E-state index in [2.05, 4.69) is 55.0 Å². The summed E-state index contributed by atoms with van der Waals surface area (Å²) in [5.41, 5.74) is 13.1. The Morgan fingerprint density at radius 1 is 1.33 bits per heavy atom. The van der Waals surface area contributed by atoms with E-state index in [4.69, 9.17) is 10.0 Å². The van der Waals surface area contributed by atoms with Crippen molar-refractivity contribution in [1.82, 2.24) is 10.5 Å². The van der Waals surface area contributed by atoms with Crippen LogP contribution in [-0.2, 0) is 4.28 Å². The van der Waals surface area contributed by atoms with Gasteiger partial charge >= 0.3 is 0 Å². The van der Waals surface area contributed by atoms with E-state index < -0.39 is 0 Å². The van der Waals surface area contributed by atoms with Gasteiger partial charge in [0.1, 0.15) is 0 Å². The van der Waals surface area contributed by atoms with Crippen molar-refractivity contribution in [2.24, 2.45) is 0 Å². The van der Waals surface area contributed by atoms with Crippen LogP contribution in [0.4, 0.5) is 5.69 Å². The van der Waals surface area contributed by atoms with Crippen LogP contribution in [0.15, 0.2) is 88.4 Å². The minimum absolute atomic E-state index is 0.735. The maximum Gasteiger partial charge on any atom is 0.0608 e. The second-order valence-corrected chi connectivity index (χ2v) is 8.86. The molecule has 158 valence electrons. The van der Waals surface area contributed by atoms with Crippen LogP contribution in [-0.4, -0.2) is 10.7 Å². The molecule has 0 fully saturated rings. The first-order valence-electron chi connectivity index (χ1n) is 9.40. The van der Waals surface area contributed by atoms with E-state index in [1.165, 1.54) is 22.5 Å². The maximum absolute atomic E-state index is 6.01. The summed E-state index contributed by atoms with van der Waals surface area (Å²) in [7, 11) is 0. The number of hydrogen-bond donors (Lipinski definition) is 2. The Balaban J connectivity index is 1.97. The number of thiophene rings is 1. The minimum atomic E-state index is 0.735. The minimum Gasteiger partial charge on any atom is -0.398 e. The van der Waals surface area contributed by atoms with E-state index in [0.717, 1.165) is 38.9 Å². The van der Waals surface area contributed by atoms with E-state index >= 15 is 0 Å². The van der Waals surface area contributed by atoms with Crippen LogP contribution in [0.5, 0.6) is 0 Å². The standard InChI is InChI=1S/C23H27N3OS3/c1-5-8-10-21-17(4)23(16-29-21)30-27-26-19(7-3)13-18(9-6-2)15-28-22-14-25-12-11-20(22)24/h5-6,8-14,16,26H,1-2,7,15H2,3-4H3,(H2,24,25)/b10-8-,18-9+,19-13+. The van der Waals surface area contributed by atoms with Crippen molar-refractivity contribution in [1.29, 1.82) is 0 Å². The number of aromatic nitrogens is 1. The molecule has 2 rings (SSSR count). The van der Waals surface area contributed by atoms with Crippen molar-refractivity contribution < 1.29 is 4.28 Å². The van der Waals surface area contributed by atoms with Gasteiger partial charge in [0.05, 0.1) is 16.9 Å². The molecule has 2 heterocycles. The molecule has 0 spiro atoms. The van der Waals surface area contributed by atoms with Crippen molar-refractivity contribution in [2.45, 2.75) is 30.1 Å². The fourth-order valence-corrected chi connectivity index (χ4v) is 4.89. The fraction of sp³-hybridized carbons (Fsp3) is 0.174. The highest BCUT2D eigenvalue weighted by molar-refractivity contribution is 7.99. The molecule has 0 bridgehead atoms. The predicted molar refractivity (Wildman–Crippen MR) is 134 cm³/mol. The zero-order valence-corrected chi connectivity index (χ0v) is 19.7. The molecule has 0 amide bonds. The molecule has 0 radical (unpaired) electrons. The summed E-state index contributed by atoms with van der Waals surface area (Å²) < 4.78 is 5.70. The van der Waals surface area contributed by atoms with E-state index in [-0.39, 0.29) is 0 Å². The Morgan fingerprint density at radius 3 is 2.87 bits per heavy atom. The van der Waals surface area contributed by atoms with Gasteiger partial charge in [0, 0.05) is 44.7 Å². The number of nitrogen functional groups attached to an aromatic ring is 1. The Morgan fingerprint density at radius 2 is 2.17 bits per heavy atom. The summed E-state index contributed by atoms with van der Waals surface area (Å²) in [5.74, 6) is 0.753. The highest BCUT2D eigenvalue weighted by Gasteiger charge is 2.08. The second kappa shape index (κ2) is 13.2. The third-order valence-electron chi connectivity index (χ3n) is 4.00. The Kier molecular flexibility index (Phi) is 10.6. The first kappa shape index (κ1) is 24.1. The Bertz CT molecular complexity index is 945. The number of anilines is 1. The maximum atomic E-state index is 6.01. The van der Waals surface area contributed by atoms with E-state index in [1.807, 2.05) is 18.2 Å². The van der Waals surface area contributed by atoms with Crippen LogP contribution in [0.2, 0.25) is 0 Å². The first-order valence-corrected chi connectivity index (χ1v) is 12.0. The molecule has 3 N–H and O–H groups in total. The van der Waals surface area contributed by atoms with Gasteiger partial charge in [-0.2, -0.15) is 4.28 Å². The summed E-state index contributed by atoms with van der Waals surface area (Å²) in [5, 5.41) is 2.09. The van der Waals surface area contributed by atoms with Crippen LogP contribution in [0.25, 0.3) is 6.08 Å². The van der Waals surface area contributed by atoms with Crippen LogP contribution < -0.4 is 11.2 Å². The smallest absolute Gasteiger partial charge is 0.0608 e. The molecule has 0 atom stereocenters. The molecule has 0 saturated heterocycles. The first-order chi connectivity index (χ1) is 14.6. The lowest BCUT2D eigenvalue weighted by molar-refractivity contribution is 0.272. The van der Waals surface area contributed by atoms with Crippen molar-refractivity contribution in [3.05, 3.63) is 89.1 Å². The molecule has 30 heavy (non-hydrogen) atoms. The van der Waals surface area contributed by atoms with Gasteiger partial charge in [-0.25, -0.2) is 0 Å². The lowest BCUT2D eigenvalue weighted by Crippen LogP contribution is -2.10. The summed E-state index contributed by atoms with van der Waals surface area (Å²) in [6.07, 6.45) is 15.9. The summed E-state index contributed by atoms with van der Waals surface area (Å²) in [6.45, 7) is 11.7. The average molecular weight is 458 g/mol. The molecule has 0 aliphatic carbocycles. The number of thioether (sulfide) groups is 1. The number of nitrogens with one attached hydrogen (secondary N) is 1. The zero-order chi connectivity index (χ0) is 21.8. The summed E-state index contributed by atoms with van der Waals surface area (Å²) in [4.78, 5) is 7.41. The highest BCUT2D eigenvalue weighted by Crippen LogP contribution is 2.32. The van der Waals surface area contributed by atoms with Gasteiger partial charge in [-0.3, -0.25) is 10.5 Å². The molecule has 2 aromatic rings. The molecular weight excluding hydrogens is 430 g/mol. The van der Waals surface area contributed by atoms with Gasteiger partial charge in [0.15, 0.2) is 0 Å². The van der Waals surface area contributed by atoms with Crippen molar-refractivity contribution in [3.63, 3.8) is 0 Å². The molecule has 0 aliphatic rings. The molecule has 2 aromatic heterocycles. The van der Waals surface area contributed by atoms with Crippen molar-refractivity contribution in [2.75, 3.05) is 11.5 Å². The molecule has 0 unspecified atom stereocenters. The zero-order valence-electron chi connectivity index (χ0n) is 17.3. The number of allylic oxidation sites excluding steroid dienone is 6. The van der Waals surface area contributed by atoms with Crippen LogP contribution in [0.1, 0.15) is 23.8 Å². The SMILES string of the molecule is C=C/C=C\c1scc(SON/C(=C/C(=C\C=C)CSc2cnccc2N)CC)c1C. The summed E-state index contributed by atoms with van der Waals surface area (Å²) in [6, 6.07) is 1.81. The van der Waals surface area contributed by atoms with Crippen LogP contribution in [0.3, 0.4) is 0 Å². The monoisotopic (exact) mass is 457 g/mol. The lowest BCUT2D eigenvalue weighted by Gasteiger charge is -2.10. The molecule has 7 heteroatoms. The molecule has 4 nitrogen and oxygen atoms in total. The van der Waals surface area contributed by atoms with Crippen molar-refractivity contribution in [3.8, 4) is 0 Å². The van der Waals surface area contributed by atoms with Gasteiger partial charge < -0.3 is 5.73 Å². The van der Waals surface area contributed by atoms with Crippen LogP contribution >= 0.6 is 35.1 Å². The summed E-state index contributed by atoms with van der Waals surface area (Å²) >= 11 is 4.66. The van der Waals surface area contributed by atoms with Gasteiger partial charge in [0.25, 0.3) is 0 Å². The van der Waals surface area contributed by atoms with Gasteiger partial charge in [-0.15, -0.1) is 23.1 Å². The predicted octanol–water partition coefficient (Wildman–Crippen LogP) is 6.96. The van der Waals surface area contributed by atoms with E-state index in [9.17, 15) is 0 Å². The number of pyridine rings is 1. The molecule has 0 aromatic carbocycles. The highest BCUT2D eigenvalue weighted by atomic mass is 32.2. The number of rotatable bonds is 12. The van der Waals surface area contributed by atoms with E-state index in [0.29, 0.717) is 0 Å². The lowest BCUT2D eigenvalue weighted by atomic mass is 10.2.